The standard InChI is InChI=1S/C10H9FN4OS/c1-12-8-7(11)6(2-3-13-8)9(16)15-10-14-4-5-17-10/h2-5H,1H3,(H,12,13)(H,14,15,16). The fourth-order valence-electron chi connectivity index (χ4n) is 1.24. The second-order valence-electron chi connectivity index (χ2n) is 3.06. The van der Waals surface area contributed by atoms with Gasteiger partial charge in [-0.05, 0) is 6.07 Å². The summed E-state index contributed by atoms with van der Waals surface area (Å²) in [6, 6.07) is 1.32. The molecule has 17 heavy (non-hydrogen) atoms. The second kappa shape index (κ2) is 4.88. The third-order valence-corrected chi connectivity index (χ3v) is 2.71. The number of thiazole rings is 1. The molecule has 0 radical (unpaired) electrons. The van der Waals surface area contributed by atoms with E-state index in [-0.39, 0.29) is 11.4 Å². The van der Waals surface area contributed by atoms with Crippen LogP contribution in [0, 0.1) is 5.82 Å². The number of hydrogen-bond donors (Lipinski definition) is 2. The SMILES string of the molecule is CNc1nccc(C(=O)Nc2nccs2)c1F. The summed E-state index contributed by atoms with van der Waals surface area (Å²) in [7, 11) is 1.54. The number of anilines is 2. The van der Waals surface area contributed by atoms with Crippen molar-refractivity contribution in [2.45, 2.75) is 0 Å². The van der Waals surface area contributed by atoms with E-state index in [4.69, 9.17) is 0 Å². The fraction of sp³-hybridized carbons (Fsp3) is 0.100. The molecular formula is C10H9FN4OS. The molecule has 0 aliphatic heterocycles. The first-order chi connectivity index (χ1) is 8.22. The first-order valence-electron chi connectivity index (χ1n) is 4.75. The van der Waals surface area contributed by atoms with E-state index in [1.807, 2.05) is 0 Å². The zero-order valence-corrected chi connectivity index (χ0v) is 9.71. The topological polar surface area (TPSA) is 66.9 Å². The van der Waals surface area contributed by atoms with E-state index in [0.717, 1.165) is 0 Å². The van der Waals surface area contributed by atoms with E-state index >= 15 is 0 Å². The van der Waals surface area contributed by atoms with Crippen LogP contribution in [0.15, 0.2) is 23.8 Å². The van der Waals surface area contributed by atoms with Crippen molar-refractivity contribution in [1.82, 2.24) is 9.97 Å². The van der Waals surface area contributed by atoms with Gasteiger partial charge in [0, 0.05) is 24.8 Å². The number of carbonyl (C=O) groups is 1. The summed E-state index contributed by atoms with van der Waals surface area (Å²) in [5.74, 6) is -1.18. The lowest BCUT2D eigenvalue weighted by atomic mass is 10.2. The van der Waals surface area contributed by atoms with Crippen LogP contribution in [0.4, 0.5) is 15.3 Å². The molecule has 2 aromatic rings. The van der Waals surface area contributed by atoms with Gasteiger partial charge in [-0.2, -0.15) is 0 Å². The van der Waals surface area contributed by atoms with Crippen LogP contribution in [-0.4, -0.2) is 22.9 Å². The third-order valence-electron chi connectivity index (χ3n) is 2.02. The van der Waals surface area contributed by atoms with Gasteiger partial charge in [-0.25, -0.2) is 14.4 Å². The Morgan fingerprint density at radius 3 is 2.88 bits per heavy atom. The first kappa shape index (κ1) is 11.5. The largest absolute Gasteiger partial charge is 0.371 e. The van der Waals surface area contributed by atoms with Gasteiger partial charge in [-0.3, -0.25) is 10.1 Å². The van der Waals surface area contributed by atoms with E-state index in [9.17, 15) is 9.18 Å². The van der Waals surface area contributed by atoms with Crippen molar-refractivity contribution in [3.8, 4) is 0 Å². The average molecular weight is 252 g/mol. The molecule has 0 bridgehead atoms. The van der Waals surface area contributed by atoms with E-state index in [0.29, 0.717) is 5.13 Å². The maximum atomic E-state index is 13.7. The monoisotopic (exact) mass is 252 g/mol. The van der Waals surface area contributed by atoms with Gasteiger partial charge in [-0.1, -0.05) is 0 Å². The molecule has 0 spiro atoms. The van der Waals surface area contributed by atoms with Crippen molar-refractivity contribution in [2.75, 3.05) is 17.7 Å². The van der Waals surface area contributed by atoms with E-state index in [2.05, 4.69) is 20.6 Å². The highest BCUT2D eigenvalue weighted by atomic mass is 32.1. The van der Waals surface area contributed by atoms with E-state index < -0.39 is 11.7 Å². The van der Waals surface area contributed by atoms with Crippen molar-refractivity contribution in [3.63, 3.8) is 0 Å². The van der Waals surface area contributed by atoms with Crippen molar-refractivity contribution in [1.29, 1.82) is 0 Å². The molecule has 0 fully saturated rings. The van der Waals surface area contributed by atoms with Crippen LogP contribution in [0.2, 0.25) is 0 Å². The fourth-order valence-corrected chi connectivity index (χ4v) is 1.77. The zero-order valence-electron chi connectivity index (χ0n) is 8.90. The van der Waals surface area contributed by atoms with Crippen LogP contribution in [0.25, 0.3) is 0 Å². The van der Waals surface area contributed by atoms with Crippen LogP contribution < -0.4 is 10.6 Å². The lowest BCUT2D eigenvalue weighted by molar-refractivity contribution is 0.102. The average Bonchev–Trinajstić information content (AvgIpc) is 2.82. The molecule has 2 rings (SSSR count). The summed E-state index contributed by atoms with van der Waals surface area (Å²) < 4.78 is 13.7. The number of aromatic nitrogens is 2. The highest BCUT2D eigenvalue weighted by Crippen LogP contribution is 2.17. The van der Waals surface area contributed by atoms with Gasteiger partial charge < -0.3 is 5.32 Å². The number of amides is 1. The van der Waals surface area contributed by atoms with Crippen molar-refractivity contribution >= 4 is 28.2 Å². The molecule has 7 heteroatoms. The third kappa shape index (κ3) is 2.39. The molecule has 2 N–H and O–H groups in total. The smallest absolute Gasteiger partial charge is 0.260 e. The maximum absolute atomic E-state index is 13.7. The summed E-state index contributed by atoms with van der Waals surface area (Å²) in [6.07, 6.45) is 2.92. The lowest BCUT2D eigenvalue weighted by Crippen LogP contribution is -2.15. The Labute approximate surface area is 101 Å². The van der Waals surface area contributed by atoms with E-state index in [1.165, 1.54) is 30.6 Å². The molecule has 5 nitrogen and oxygen atoms in total. The molecule has 0 atom stereocenters. The number of nitrogens with zero attached hydrogens (tertiary/aromatic N) is 2. The quantitative estimate of drug-likeness (QED) is 0.876. The molecule has 1 amide bonds. The normalized spacial score (nSPS) is 10.0. The second-order valence-corrected chi connectivity index (χ2v) is 3.96. The minimum Gasteiger partial charge on any atom is -0.371 e. The first-order valence-corrected chi connectivity index (χ1v) is 5.63. The Hall–Kier alpha value is -2.02. The Kier molecular flexibility index (Phi) is 3.29. The highest BCUT2D eigenvalue weighted by Gasteiger charge is 2.16. The molecule has 2 heterocycles. The van der Waals surface area contributed by atoms with Gasteiger partial charge in [0.05, 0.1) is 5.56 Å². The van der Waals surface area contributed by atoms with Gasteiger partial charge in [0.25, 0.3) is 5.91 Å². The molecule has 0 saturated carbocycles. The van der Waals surface area contributed by atoms with Gasteiger partial charge in [0.2, 0.25) is 0 Å². The van der Waals surface area contributed by atoms with Crippen molar-refractivity contribution in [3.05, 3.63) is 35.2 Å². The molecule has 0 aliphatic carbocycles. The number of carbonyl (C=O) groups excluding carboxylic acids is 1. The predicted molar refractivity (Wildman–Crippen MR) is 63.8 cm³/mol. The number of halogens is 1. The lowest BCUT2D eigenvalue weighted by Gasteiger charge is -2.06. The molecular weight excluding hydrogens is 243 g/mol. The predicted octanol–water partition coefficient (Wildman–Crippen LogP) is 1.97. The molecule has 88 valence electrons. The number of rotatable bonds is 3. The van der Waals surface area contributed by atoms with Crippen LogP contribution in [0.5, 0.6) is 0 Å². The van der Waals surface area contributed by atoms with Crippen molar-refractivity contribution in [2.24, 2.45) is 0 Å². The van der Waals surface area contributed by atoms with Crippen LogP contribution in [-0.2, 0) is 0 Å². The zero-order chi connectivity index (χ0) is 12.3. The summed E-state index contributed by atoms with van der Waals surface area (Å²) in [6.45, 7) is 0. The van der Waals surface area contributed by atoms with Crippen molar-refractivity contribution < 1.29 is 9.18 Å². The minimum atomic E-state index is -0.677. The Morgan fingerprint density at radius 2 is 2.24 bits per heavy atom. The minimum absolute atomic E-state index is 0.0387. The summed E-state index contributed by atoms with van der Waals surface area (Å²) >= 11 is 1.26. The summed E-state index contributed by atoms with van der Waals surface area (Å²) in [4.78, 5) is 19.4. The summed E-state index contributed by atoms with van der Waals surface area (Å²) in [5.41, 5.74) is -0.0699. The van der Waals surface area contributed by atoms with Crippen LogP contribution >= 0.6 is 11.3 Å². The Morgan fingerprint density at radius 1 is 1.41 bits per heavy atom. The molecule has 0 saturated heterocycles. The Balaban J connectivity index is 2.25. The summed E-state index contributed by atoms with van der Waals surface area (Å²) in [5, 5.41) is 7.22. The van der Waals surface area contributed by atoms with E-state index in [1.54, 1.807) is 11.6 Å². The van der Waals surface area contributed by atoms with Crippen LogP contribution in [0.1, 0.15) is 10.4 Å². The van der Waals surface area contributed by atoms with Gasteiger partial charge in [0.15, 0.2) is 16.8 Å². The molecule has 0 aliphatic rings. The van der Waals surface area contributed by atoms with Gasteiger partial charge in [-0.15, -0.1) is 11.3 Å². The van der Waals surface area contributed by atoms with Gasteiger partial charge >= 0.3 is 0 Å². The number of hydrogen-bond acceptors (Lipinski definition) is 5. The molecule has 2 aromatic heterocycles. The number of pyridine rings is 1. The molecule has 0 aromatic carbocycles. The molecule has 0 unspecified atom stereocenters. The highest BCUT2D eigenvalue weighted by molar-refractivity contribution is 7.13. The van der Waals surface area contributed by atoms with Gasteiger partial charge in [0.1, 0.15) is 0 Å². The van der Waals surface area contributed by atoms with Crippen LogP contribution in [0.3, 0.4) is 0 Å². The Bertz CT molecular complexity index is 529. The maximum Gasteiger partial charge on any atom is 0.260 e. The number of nitrogens with one attached hydrogen (secondary N) is 2.